The maximum Gasteiger partial charge on any atom is 0.326 e. The zero-order valence-corrected chi connectivity index (χ0v) is 16.5. The number of aryl methyl sites for hydroxylation is 2. The van der Waals surface area contributed by atoms with Crippen LogP contribution in [-0.2, 0) is 11.2 Å². The molecule has 27 heavy (non-hydrogen) atoms. The van der Waals surface area contributed by atoms with Crippen molar-refractivity contribution in [2.24, 2.45) is 11.8 Å². The highest BCUT2D eigenvalue weighted by Gasteiger charge is 2.56. The molecule has 1 saturated carbocycles. The molecule has 5 nitrogen and oxygen atoms in total. The van der Waals surface area contributed by atoms with Crippen LogP contribution in [0.25, 0.3) is 0 Å². The number of hydrogen-bond donors (Lipinski definition) is 1. The van der Waals surface area contributed by atoms with Crippen LogP contribution < -0.4 is 5.32 Å². The van der Waals surface area contributed by atoms with E-state index in [1.54, 1.807) is 0 Å². The number of urea groups is 1. The minimum Gasteiger partial charge on any atom is -0.323 e. The monoisotopic (exact) mass is 369 g/mol. The van der Waals surface area contributed by atoms with Gasteiger partial charge in [-0.3, -0.25) is 9.69 Å². The van der Waals surface area contributed by atoms with Crippen LogP contribution in [0, 0.1) is 18.8 Å². The number of carbonyl (C=O) groups is 2. The Morgan fingerprint density at radius 2 is 1.74 bits per heavy atom. The molecule has 2 aliphatic heterocycles. The van der Waals surface area contributed by atoms with Crippen molar-refractivity contribution in [1.29, 1.82) is 0 Å². The van der Waals surface area contributed by atoms with Crippen LogP contribution in [0.1, 0.15) is 50.2 Å². The van der Waals surface area contributed by atoms with Gasteiger partial charge in [-0.25, -0.2) is 9.69 Å². The van der Waals surface area contributed by atoms with Gasteiger partial charge in [0.15, 0.2) is 0 Å². The summed E-state index contributed by atoms with van der Waals surface area (Å²) in [5.41, 5.74) is 2.07. The van der Waals surface area contributed by atoms with Gasteiger partial charge in [0.2, 0.25) is 0 Å². The van der Waals surface area contributed by atoms with Crippen LogP contribution in [0.5, 0.6) is 0 Å². The molecule has 5 heteroatoms. The Morgan fingerprint density at radius 1 is 1.07 bits per heavy atom. The smallest absolute Gasteiger partial charge is 0.323 e. The first kappa shape index (κ1) is 18.5. The molecule has 2 saturated heterocycles. The number of nitrogens with zero attached hydrogens (tertiary/aromatic N) is 2. The predicted octanol–water partition coefficient (Wildman–Crippen LogP) is 3.32. The number of nitrogens with one attached hydrogen (secondary N) is 1. The maximum absolute atomic E-state index is 12.8. The SMILES string of the molecule is Cc1ccc(CCC2CCN(CN3C(=O)N[C@@](C)(C4CC4)C3=O)CC2)cc1. The molecular formula is C22H31N3O2. The summed E-state index contributed by atoms with van der Waals surface area (Å²) in [6, 6.07) is 8.63. The summed E-state index contributed by atoms with van der Waals surface area (Å²) in [4.78, 5) is 28.8. The molecular weight excluding hydrogens is 338 g/mol. The van der Waals surface area contributed by atoms with Gasteiger partial charge in [0, 0.05) is 13.1 Å². The van der Waals surface area contributed by atoms with Gasteiger partial charge in [-0.2, -0.15) is 0 Å². The molecule has 0 radical (unpaired) electrons. The van der Waals surface area contributed by atoms with Gasteiger partial charge in [-0.05, 0) is 69.8 Å². The van der Waals surface area contributed by atoms with Gasteiger partial charge in [0.05, 0.1) is 6.67 Å². The topological polar surface area (TPSA) is 52.6 Å². The van der Waals surface area contributed by atoms with E-state index < -0.39 is 5.54 Å². The molecule has 3 fully saturated rings. The second-order valence-corrected chi connectivity index (χ2v) is 8.87. The number of imide groups is 1. The third-order valence-electron chi connectivity index (χ3n) is 6.71. The van der Waals surface area contributed by atoms with Gasteiger partial charge >= 0.3 is 6.03 Å². The lowest BCUT2D eigenvalue weighted by Gasteiger charge is -2.34. The number of benzene rings is 1. The van der Waals surface area contributed by atoms with Crippen molar-refractivity contribution in [3.05, 3.63) is 35.4 Å². The normalized spacial score (nSPS) is 27.3. The fourth-order valence-corrected chi connectivity index (χ4v) is 4.52. The van der Waals surface area contributed by atoms with Gasteiger partial charge in [-0.15, -0.1) is 0 Å². The molecule has 0 aromatic heterocycles. The molecule has 1 N–H and O–H groups in total. The van der Waals surface area contributed by atoms with E-state index in [1.165, 1.54) is 22.4 Å². The Labute approximate surface area is 162 Å². The van der Waals surface area contributed by atoms with E-state index in [0.717, 1.165) is 51.1 Å². The van der Waals surface area contributed by atoms with Crippen LogP contribution in [0.3, 0.4) is 0 Å². The molecule has 0 bridgehead atoms. The number of likely N-dealkylation sites (tertiary alicyclic amines) is 1. The Balaban J connectivity index is 1.24. The third kappa shape index (κ3) is 3.88. The van der Waals surface area contributed by atoms with Crippen molar-refractivity contribution in [2.45, 2.75) is 57.9 Å². The van der Waals surface area contributed by atoms with Crippen molar-refractivity contribution in [2.75, 3.05) is 19.8 Å². The van der Waals surface area contributed by atoms with Gasteiger partial charge in [0.25, 0.3) is 5.91 Å². The molecule has 1 aromatic carbocycles. The summed E-state index contributed by atoms with van der Waals surface area (Å²) < 4.78 is 0. The molecule has 1 aliphatic carbocycles. The average Bonchev–Trinajstić information content (AvgIpc) is 3.48. The molecule has 3 aliphatic rings. The maximum atomic E-state index is 12.8. The van der Waals surface area contributed by atoms with Crippen LogP contribution >= 0.6 is 0 Å². The molecule has 0 unspecified atom stereocenters. The number of rotatable bonds is 6. The number of amides is 3. The standard InChI is InChI=1S/C22H31N3O2/c1-16-3-5-17(6-4-16)7-8-18-11-13-24(14-12-18)15-25-20(26)22(2,19-9-10-19)23-21(25)27/h3-6,18-19H,7-15H2,1-2H3,(H,23,27)/t22-/m0/s1. The Hall–Kier alpha value is -1.88. The van der Waals surface area contributed by atoms with Crippen LogP contribution in [0.2, 0.25) is 0 Å². The summed E-state index contributed by atoms with van der Waals surface area (Å²) >= 11 is 0. The first-order chi connectivity index (χ1) is 13.0. The van der Waals surface area contributed by atoms with E-state index in [2.05, 4.69) is 41.4 Å². The molecule has 3 amide bonds. The zero-order chi connectivity index (χ0) is 19.0. The van der Waals surface area contributed by atoms with Crippen molar-refractivity contribution < 1.29 is 9.59 Å². The molecule has 146 valence electrons. The van der Waals surface area contributed by atoms with Crippen molar-refractivity contribution in [3.63, 3.8) is 0 Å². The highest BCUT2D eigenvalue weighted by atomic mass is 16.2. The van der Waals surface area contributed by atoms with E-state index in [0.29, 0.717) is 12.6 Å². The lowest BCUT2D eigenvalue weighted by atomic mass is 9.90. The molecule has 4 rings (SSSR count). The Morgan fingerprint density at radius 3 is 2.37 bits per heavy atom. The summed E-state index contributed by atoms with van der Waals surface area (Å²) in [5.74, 6) is 1.03. The summed E-state index contributed by atoms with van der Waals surface area (Å²) in [5, 5.41) is 2.94. The molecule has 1 atom stereocenters. The van der Waals surface area contributed by atoms with E-state index in [1.807, 2.05) is 6.92 Å². The highest BCUT2D eigenvalue weighted by Crippen LogP contribution is 2.42. The summed E-state index contributed by atoms with van der Waals surface area (Å²) in [7, 11) is 0. The minimum absolute atomic E-state index is 0.0310. The molecule has 1 aromatic rings. The van der Waals surface area contributed by atoms with Crippen molar-refractivity contribution in [1.82, 2.24) is 15.1 Å². The first-order valence-corrected chi connectivity index (χ1v) is 10.4. The van der Waals surface area contributed by atoms with Crippen LogP contribution in [-0.4, -0.2) is 47.0 Å². The Bertz CT molecular complexity index is 705. The fourth-order valence-electron chi connectivity index (χ4n) is 4.52. The van der Waals surface area contributed by atoms with E-state index >= 15 is 0 Å². The average molecular weight is 370 g/mol. The highest BCUT2D eigenvalue weighted by molar-refractivity contribution is 6.07. The largest absolute Gasteiger partial charge is 0.326 e. The van der Waals surface area contributed by atoms with Gasteiger partial charge in [-0.1, -0.05) is 29.8 Å². The van der Waals surface area contributed by atoms with Crippen molar-refractivity contribution >= 4 is 11.9 Å². The lowest BCUT2D eigenvalue weighted by molar-refractivity contribution is -0.133. The second-order valence-electron chi connectivity index (χ2n) is 8.87. The van der Waals surface area contributed by atoms with E-state index in [9.17, 15) is 9.59 Å². The third-order valence-corrected chi connectivity index (χ3v) is 6.71. The fraction of sp³-hybridized carbons (Fsp3) is 0.636. The second kappa shape index (κ2) is 7.27. The number of hydrogen-bond acceptors (Lipinski definition) is 3. The zero-order valence-electron chi connectivity index (χ0n) is 16.5. The first-order valence-electron chi connectivity index (χ1n) is 10.4. The summed E-state index contributed by atoms with van der Waals surface area (Å²) in [6.07, 6.45) is 6.74. The molecule has 0 spiro atoms. The Kier molecular flexibility index (Phi) is 4.97. The predicted molar refractivity (Wildman–Crippen MR) is 105 cm³/mol. The van der Waals surface area contributed by atoms with Crippen LogP contribution in [0.4, 0.5) is 4.79 Å². The summed E-state index contributed by atoms with van der Waals surface area (Å²) in [6.45, 7) is 6.39. The minimum atomic E-state index is -0.663. The van der Waals surface area contributed by atoms with Crippen LogP contribution in [0.15, 0.2) is 24.3 Å². The van der Waals surface area contributed by atoms with Gasteiger partial charge in [0.1, 0.15) is 5.54 Å². The number of piperidine rings is 1. The molecule has 2 heterocycles. The quantitative estimate of drug-likeness (QED) is 0.783. The number of carbonyl (C=O) groups excluding carboxylic acids is 2. The van der Waals surface area contributed by atoms with E-state index in [4.69, 9.17) is 0 Å². The van der Waals surface area contributed by atoms with Gasteiger partial charge < -0.3 is 5.32 Å². The lowest BCUT2D eigenvalue weighted by Crippen LogP contribution is -2.48. The van der Waals surface area contributed by atoms with Crippen molar-refractivity contribution in [3.8, 4) is 0 Å². The van der Waals surface area contributed by atoms with E-state index in [-0.39, 0.29) is 11.9 Å².